The number of thioether (sulfide) groups is 1. The molecule has 1 heterocycles. The molecule has 0 radical (unpaired) electrons. The third-order valence-corrected chi connectivity index (χ3v) is 5.03. The molecule has 0 aliphatic carbocycles. The first-order valence-electron chi connectivity index (χ1n) is 7.27. The number of piperidine rings is 1. The van der Waals surface area contributed by atoms with Gasteiger partial charge in [0, 0.05) is 10.9 Å². The highest BCUT2D eigenvalue weighted by molar-refractivity contribution is 7.98. The smallest absolute Gasteiger partial charge is 0.0319 e. The third-order valence-electron chi connectivity index (χ3n) is 4.29. The maximum atomic E-state index is 3.30. The lowest BCUT2D eigenvalue weighted by Gasteiger charge is -2.36. The molecule has 1 fully saturated rings. The quantitative estimate of drug-likeness (QED) is 0.831. The topological polar surface area (TPSA) is 15.3 Å². The number of hydrogen-bond donors (Lipinski definition) is 1. The Morgan fingerprint density at radius 3 is 2.42 bits per heavy atom. The van der Waals surface area contributed by atoms with Crippen molar-refractivity contribution in [1.29, 1.82) is 0 Å². The van der Waals surface area contributed by atoms with Crippen LogP contribution in [0.2, 0.25) is 0 Å². The highest BCUT2D eigenvalue weighted by atomic mass is 32.2. The molecule has 2 nitrogen and oxygen atoms in total. The zero-order valence-corrected chi connectivity index (χ0v) is 13.2. The molecular weight excluding hydrogens is 252 g/mol. The van der Waals surface area contributed by atoms with E-state index in [0.29, 0.717) is 6.04 Å². The number of nitrogens with one attached hydrogen (secondary N) is 1. The van der Waals surface area contributed by atoms with Gasteiger partial charge in [-0.25, -0.2) is 0 Å². The molecule has 2 rings (SSSR count). The molecule has 1 aromatic carbocycles. The van der Waals surface area contributed by atoms with E-state index in [-0.39, 0.29) is 0 Å². The third kappa shape index (κ3) is 3.98. The van der Waals surface area contributed by atoms with Crippen molar-refractivity contribution in [2.45, 2.75) is 30.7 Å². The van der Waals surface area contributed by atoms with Crippen molar-refractivity contribution in [3.05, 3.63) is 29.8 Å². The predicted molar refractivity (Wildman–Crippen MR) is 84.9 cm³/mol. The van der Waals surface area contributed by atoms with Gasteiger partial charge >= 0.3 is 0 Å². The maximum absolute atomic E-state index is 3.30. The fourth-order valence-corrected chi connectivity index (χ4v) is 3.33. The standard InChI is InChI=1S/C16H26N2S/c1-13(15-4-6-16(19-3)7-5-15)18-10-8-14(9-11-18)12-17-2/h4-7,13-14,17H,8-12H2,1-3H3. The van der Waals surface area contributed by atoms with Crippen molar-refractivity contribution in [2.24, 2.45) is 5.92 Å². The molecule has 1 saturated heterocycles. The first-order chi connectivity index (χ1) is 9.24. The lowest BCUT2D eigenvalue weighted by molar-refractivity contribution is 0.141. The van der Waals surface area contributed by atoms with Crippen molar-refractivity contribution in [1.82, 2.24) is 10.2 Å². The van der Waals surface area contributed by atoms with E-state index in [0.717, 1.165) is 5.92 Å². The van der Waals surface area contributed by atoms with Gasteiger partial charge in [0.1, 0.15) is 0 Å². The fourth-order valence-electron chi connectivity index (χ4n) is 2.93. The minimum absolute atomic E-state index is 0.548. The summed E-state index contributed by atoms with van der Waals surface area (Å²) in [6.45, 7) is 5.98. The van der Waals surface area contributed by atoms with Crippen LogP contribution in [-0.4, -0.2) is 37.8 Å². The number of benzene rings is 1. The number of nitrogens with zero attached hydrogens (tertiary/aromatic N) is 1. The van der Waals surface area contributed by atoms with Gasteiger partial charge in [0.15, 0.2) is 0 Å². The van der Waals surface area contributed by atoms with Gasteiger partial charge in [0.05, 0.1) is 0 Å². The Kier molecular flexibility index (Phi) is 5.74. The fraction of sp³-hybridized carbons (Fsp3) is 0.625. The van der Waals surface area contributed by atoms with Crippen molar-refractivity contribution in [3.8, 4) is 0 Å². The van der Waals surface area contributed by atoms with Gasteiger partial charge < -0.3 is 5.32 Å². The normalized spacial score (nSPS) is 19.5. The van der Waals surface area contributed by atoms with Gasteiger partial charge in [0.25, 0.3) is 0 Å². The Morgan fingerprint density at radius 1 is 1.26 bits per heavy atom. The molecule has 1 atom stereocenters. The van der Waals surface area contributed by atoms with Gasteiger partial charge in [-0.3, -0.25) is 4.90 Å². The summed E-state index contributed by atoms with van der Waals surface area (Å²) in [6, 6.07) is 9.60. The Bertz CT molecular complexity index is 369. The lowest BCUT2D eigenvalue weighted by atomic mass is 9.94. The van der Waals surface area contributed by atoms with E-state index < -0.39 is 0 Å². The van der Waals surface area contributed by atoms with Gasteiger partial charge in [-0.05, 0) is 76.3 Å². The molecular formula is C16H26N2S. The molecule has 106 valence electrons. The summed E-state index contributed by atoms with van der Waals surface area (Å²) in [6.07, 6.45) is 4.78. The highest BCUT2D eigenvalue weighted by Gasteiger charge is 2.22. The molecule has 3 heteroatoms. The molecule has 1 aromatic rings. The van der Waals surface area contributed by atoms with Crippen LogP contribution in [0.5, 0.6) is 0 Å². The van der Waals surface area contributed by atoms with Crippen LogP contribution in [0.3, 0.4) is 0 Å². The second-order valence-electron chi connectivity index (χ2n) is 5.49. The van der Waals surface area contributed by atoms with E-state index in [1.54, 1.807) is 0 Å². The van der Waals surface area contributed by atoms with Crippen LogP contribution >= 0.6 is 11.8 Å². The molecule has 1 unspecified atom stereocenters. The first kappa shape index (κ1) is 14.9. The van der Waals surface area contributed by atoms with Crippen LogP contribution in [0.1, 0.15) is 31.4 Å². The molecule has 0 amide bonds. The Morgan fingerprint density at radius 2 is 1.89 bits per heavy atom. The highest BCUT2D eigenvalue weighted by Crippen LogP contribution is 2.27. The van der Waals surface area contributed by atoms with Crippen LogP contribution < -0.4 is 5.32 Å². The van der Waals surface area contributed by atoms with E-state index in [2.05, 4.69) is 54.7 Å². The van der Waals surface area contributed by atoms with Gasteiger partial charge in [-0.2, -0.15) is 0 Å². The lowest BCUT2D eigenvalue weighted by Crippen LogP contribution is -2.38. The largest absolute Gasteiger partial charge is 0.319 e. The molecule has 0 spiro atoms. The summed E-state index contributed by atoms with van der Waals surface area (Å²) < 4.78 is 0. The number of likely N-dealkylation sites (tertiary alicyclic amines) is 1. The van der Waals surface area contributed by atoms with Crippen molar-refractivity contribution in [3.63, 3.8) is 0 Å². The summed E-state index contributed by atoms with van der Waals surface area (Å²) in [5.41, 5.74) is 1.45. The summed E-state index contributed by atoms with van der Waals surface area (Å²) in [5.74, 6) is 0.868. The van der Waals surface area contributed by atoms with E-state index in [9.17, 15) is 0 Å². The van der Waals surface area contributed by atoms with E-state index in [1.165, 1.54) is 42.9 Å². The molecule has 0 bridgehead atoms. The molecule has 1 N–H and O–H groups in total. The average molecular weight is 278 g/mol. The van der Waals surface area contributed by atoms with Gasteiger partial charge in [-0.1, -0.05) is 12.1 Å². The Balaban J connectivity index is 1.91. The van der Waals surface area contributed by atoms with Crippen LogP contribution in [0, 0.1) is 5.92 Å². The Hall–Kier alpha value is -0.510. The van der Waals surface area contributed by atoms with Gasteiger partial charge in [-0.15, -0.1) is 11.8 Å². The molecule has 1 aliphatic rings. The van der Waals surface area contributed by atoms with Gasteiger partial charge in [0.2, 0.25) is 0 Å². The number of rotatable bonds is 5. The molecule has 0 aromatic heterocycles. The zero-order chi connectivity index (χ0) is 13.7. The summed E-state index contributed by atoms with van der Waals surface area (Å²) in [7, 11) is 2.06. The Labute approximate surface area is 122 Å². The minimum Gasteiger partial charge on any atom is -0.319 e. The van der Waals surface area contributed by atoms with Crippen LogP contribution in [0.15, 0.2) is 29.2 Å². The molecule has 0 saturated carbocycles. The van der Waals surface area contributed by atoms with Crippen LogP contribution in [0.4, 0.5) is 0 Å². The zero-order valence-electron chi connectivity index (χ0n) is 12.4. The second kappa shape index (κ2) is 7.32. The summed E-state index contributed by atoms with van der Waals surface area (Å²) in [4.78, 5) is 3.98. The van der Waals surface area contributed by atoms with Crippen molar-refractivity contribution >= 4 is 11.8 Å². The van der Waals surface area contributed by atoms with Crippen LogP contribution in [0.25, 0.3) is 0 Å². The van der Waals surface area contributed by atoms with Crippen LogP contribution in [-0.2, 0) is 0 Å². The summed E-state index contributed by atoms with van der Waals surface area (Å²) in [5, 5.41) is 3.30. The number of hydrogen-bond acceptors (Lipinski definition) is 3. The second-order valence-corrected chi connectivity index (χ2v) is 6.37. The van der Waals surface area contributed by atoms with E-state index in [4.69, 9.17) is 0 Å². The molecule has 19 heavy (non-hydrogen) atoms. The van der Waals surface area contributed by atoms with Crippen molar-refractivity contribution < 1.29 is 0 Å². The monoisotopic (exact) mass is 278 g/mol. The molecule has 1 aliphatic heterocycles. The predicted octanol–water partition coefficient (Wildman–Crippen LogP) is 3.40. The first-order valence-corrected chi connectivity index (χ1v) is 8.49. The average Bonchev–Trinajstić information content (AvgIpc) is 2.48. The summed E-state index contributed by atoms with van der Waals surface area (Å²) >= 11 is 1.81. The maximum Gasteiger partial charge on any atom is 0.0319 e. The van der Waals surface area contributed by atoms with E-state index >= 15 is 0 Å². The minimum atomic E-state index is 0.548. The van der Waals surface area contributed by atoms with E-state index in [1.807, 2.05) is 11.8 Å². The van der Waals surface area contributed by atoms with Crippen molar-refractivity contribution in [2.75, 3.05) is 32.9 Å². The SMILES string of the molecule is CNCC1CCN(C(C)c2ccc(SC)cc2)CC1.